The zero-order valence-corrected chi connectivity index (χ0v) is 11.9. The molecule has 1 fully saturated rings. The van der Waals surface area contributed by atoms with E-state index in [-0.39, 0.29) is 0 Å². The molecular formula is C15H22N4. The van der Waals surface area contributed by atoms with Gasteiger partial charge in [0.25, 0.3) is 0 Å². The molecule has 3 atom stereocenters. The first-order valence-electron chi connectivity index (χ1n) is 7.21. The molecule has 3 unspecified atom stereocenters. The van der Waals surface area contributed by atoms with Gasteiger partial charge in [0.2, 0.25) is 0 Å². The molecule has 4 nitrogen and oxygen atoms in total. The van der Waals surface area contributed by atoms with Crippen LogP contribution in [0.3, 0.4) is 0 Å². The lowest BCUT2D eigenvalue weighted by Crippen LogP contribution is -2.33. The van der Waals surface area contributed by atoms with E-state index in [9.17, 15) is 0 Å². The van der Waals surface area contributed by atoms with Gasteiger partial charge in [0.05, 0.1) is 5.69 Å². The lowest BCUT2D eigenvalue weighted by molar-refractivity contribution is 0.276. The van der Waals surface area contributed by atoms with E-state index in [0.29, 0.717) is 12.0 Å². The fourth-order valence-corrected chi connectivity index (χ4v) is 3.21. The van der Waals surface area contributed by atoms with Crippen molar-refractivity contribution in [1.82, 2.24) is 14.6 Å². The second-order valence-electron chi connectivity index (χ2n) is 6.04. The first-order valence-corrected chi connectivity index (χ1v) is 7.21. The molecule has 2 aromatic heterocycles. The standard InChI is InChI=1S/C15H22N4/c1-10-4-5-13(11(2)8-10)17-15-14-9-12(3)18-19(14)7-6-16-15/h6-7,9-11,13H,4-5,8H2,1-3H3,(H,16,17). The smallest absolute Gasteiger partial charge is 0.152 e. The first kappa shape index (κ1) is 12.5. The zero-order valence-electron chi connectivity index (χ0n) is 11.9. The van der Waals surface area contributed by atoms with Crippen molar-refractivity contribution >= 4 is 11.3 Å². The van der Waals surface area contributed by atoms with Crippen molar-refractivity contribution in [3.8, 4) is 0 Å². The predicted molar refractivity (Wildman–Crippen MR) is 77.3 cm³/mol. The summed E-state index contributed by atoms with van der Waals surface area (Å²) in [5.74, 6) is 2.53. The highest BCUT2D eigenvalue weighted by atomic mass is 15.2. The Morgan fingerprint density at radius 1 is 1.32 bits per heavy atom. The maximum Gasteiger partial charge on any atom is 0.152 e. The van der Waals surface area contributed by atoms with E-state index in [2.05, 4.69) is 35.3 Å². The zero-order chi connectivity index (χ0) is 13.4. The molecule has 0 saturated heterocycles. The van der Waals surface area contributed by atoms with Crippen molar-refractivity contribution in [2.24, 2.45) is 11.8 Å². The van der Waals surface area contributed by atoms with Crippen molar-refractivity contribution in [3.05, 3.63) is 24.2 Å². The summed E-state index contributed by atoms with van der Waals surface area (Å²) in [6.07, 6.45) is 7.57. The lowest BCUT2D eigenvalue weighted by atomic mass is 9.80. The van der Waals surface area contributed by atoms with Gasteiger partial charge in [-0.25, -0.2) is 9.50 Å². The molecule has 0 spiro atoms. The molecule has 1 aliphatic rings. The largest absolute Gasteiger partial charge is 0.365 e. The summed E-state index contributed by atoms with van der Waals surface area (Å²) in [6.45, 7) is 6.71. The maximum absolute atomic E-state index is 4.50. The fraction of sp³-hybridized carbons (Fsp3) is 0.600. The first-order chi connectivity index (χ1) is 9.13. The molecule has 102 valence electrons. The molecule has 19 heavy (non-hydrogen) atoms. The molecule has 1 aliphatic carbocycles. The van der Waals surface area contributed by atoms with Gasteiger partial charge in [-0.3, -0.25) is 0 Å². The molecule has 1 N–H and O–H groups in total. The number of hydrogen-bond donors (Lipinski definition) is 1. The molecule has 0 aromatic carbocycles. The van der Waals surface area contributed by atoms with Crippen molar-refractivity contribution in [2.75, 3.05) is 5.32 Å². The van der Waals surface area contributed by atoms with Crippen LogP contribution in [-0.2, 0) is 0 Å². The van der Waals surface area contributed by atoms with E-state index in [0.717, 1.165) is 22.9 Å². The Balaban J connectivity index is 1.85. The van der Waals surface area contributed by atoms with E-state index in [1.54, 1.807) is 0 Å². The van der Waals surface area contributed by atoms with Gasteiger partial charge in [0, 0.05) is 18.4 Å². The molecule has 0 aliphatic heterocycles. The van der Waals surface area contributed by atoms with Crippen LogP contribution in [0.4, 0.5) is 5.82 Å². The predicted octanol–water partition coefficient (Wildman–Crippen LogP) is 3.27. The van der Waals surface area contributed by atoms with E-state index >= 15 is 0 Å². The van der Waals surface area contributed by atoms with Crippen LogP contribution in [0.15, 0.2) is 18.5 Å². The molecule has 1 saturated carbocycles. The fourth-order valence-electron chi connectivity index (χ4n) is 3.21. The second-order valence-corrected chi connectivity index (χ2v) is 6.04. The number of aryl methyl sites for hydroxylation is 1. The average Bonchev–Trinajstić information content (AvgIpc) is 2.74. The Morgan fingerprint density at radius 3 is 2.95 bits per heavy atom. The Morgan fingerprint density at radius 2 is 2.16 bits per heavy atom. The molecule has 2 heterocycles. The van der Waals surface area contributed by atoms with Gasteiger partial charge in [-0.05, 0) is 44.1 Å². The summed E-state index contributed by atoms with van der Waals surface area (Å²) in [6, 6.07) is 2.62. The van der Waals surface area contributed by atoms with Gasteiger partial charge in [0.1, 0.15) is 5.52 Å². The molecule has 4 heteroatoms. The van der Waals surface area contributed by atoms with Crippen LogP contribution in [0.1, 0.15) is 38.8 Å². The minimum atomic E-state index is 0.533. The minimum absolute atomic E-state index is 0.533. The third-order valence-electron chi connectivity index (χ3n) is 4.27. The highest BCUT2D eigenvalue weighted by Gasteiger charge is 2.25. The van der Waals surface area contributed by atoms with Crippen LogP contribution >= 0.6 is 0 Å². The van der Waals surface area contributed by atoms with Crippen LogP contribution in [0, 0.1) is 18.8 Å². The molecular weight excluding hydrogens is 236 g/mol. The van der Waals surface area contributed by atoms with Crippen LogP contribution in [0.5, 0.6) is 0 Å². The third kappa shape index (κ3) is 2.44. The summed E-state index contributed by atoms with van der Waals surface area (Å²) in [5.41, 5.74) is 2.10. The number of nitrogens with one attached hydrogen (secondary N) is 1. The van der Waals surface area contributed by atoms with Gasteiger partial charge >= 0.3 is 0 Å². The van der Waals surface area contributed by atoms with Crippen molar-refractivity contribution in [1.29, 1.82) is 0 Å². The van der Waals surface area contributed by atoms with Crippen molar-refractivity contribution in [2.45, 2.75) is 46.1 Å². The van der Waals surface area contributed by atoms with Gasteiger partial charge in [-0.1, -0.05) is 13.8 Å². The van der Waals surface area contributed by atoms with E-state index < -0.39 is 0 Å². The van der Waals surface area contributed by atoms with Crippen molar-refractivity contribution < 1.29 is 0 Å². The Bertz CT molecular complexity index is 575. The Kier molecular flexibility index (Phi) is 3.17. The third-order valence-corrected chi connectivity index (χ3v) is 4.27. The van der Waals surface area contributed by atoms with Crippen LogP contribution in [0.25, 0.3) is 5.52 Å². The van der Waals surface area contributed by atoms with Gasteiger partial charge in [-0.15, -0.1) is 0 Å². The average molecular weight is 258 g/mol. The summed E-state index contributed by atoms with van der Waals surface area (Å²) in [7, 11) is 0. The summed E-state index contributed by atoms with van der Waals surface area (Å²) in [4.78, 5) is 4.50. The lowest BCUT2D eigenvalue weighted by Gasteiger charge is -2.33. The summed E-state index contributed by atoms with van der Waals surface area (Å²) < 4.78 is 1.90. The summed E-state index contributed by atoms with van der Waals surface area (Å²) in [5, 5.41) is 8.07. The van der Waals surface area contributed by atoms with E-state index in [1.165, 1.54) is 19.3 Å². The second kappa shape index (κ2) is 4.83. The van der Waals surface area contributed by atoms with Gasteiger partial charge in [-0.2, -0.15) is 5.10 Å². The quantitative estimate of drug-likeness (QED) is 0.899. The SMILES string of the molecule is Cc1cc2c(NC3CCC(C)CC3C)nccn2n1. The van der Waals surface area contributed by atoms with Crippen LogP contribution in [-0.4, -0.2) is 20.6 Å². The van der Waals surface area contributed by atoms with Crippen LogP contribution < -0.4 is 5.32 Å². The van der Waals surface area contributed by atoms with E-state index in [4.69, 9.17) is 0 Å². The molecule has 3 rings (SSSR count). The van der Waals surface area contributed by atoms with Crippen molar-refractivity contribution in [3.63, 3.8) is 0 Å². The number of nitrogens with zero attached hydrogens (tertiary/aromatic N) is 3. The van der Waals surface area contributed by atoms with E-state index in [1.807, 2.05) is 23.8 Å². The maximum atomic E-state index is 4.50. The van der Waals surface area contributed by atoms with Crippen LogP contribution in [0.2, 0.25) is 0 Å². The molecule has 0 radical (unpaired) electrons. The topological polar surface area (TPSA) is 42.2 Å². The Hall–Kier alpha value is -1.58. The van der Waals surface area contributed by atoms with Gasteiger partial charge < -0.3 is 5.32 Å². The monoisotopic (exact) mass is 258 g/mol. The van der Waals surface area contributed by atoms with Gasteiger partial charge in [0.15, 0.2) is 5.82 Å². The number of rotatable bonds is 2. The highest BCUT2D eigenvalue weighted by Crippen LogP contribution is 2.31. The molecule has 0 bridgehead atoms. The highest BCUT2D eigenvalue weighted by molar-refractivity contribution is 5.68. The minimum Gasteiger partial charge on any atom is -0.365 e. The summed E-state index contributed by atoms with van der Waals surface area (Å²) >= 11 is 0. The molecule has 2 aromatic rings. The molecule has 0 amide bonds. The number of aromatic nitrogens is 3. The normalized spacial score (nSPS) is 27.6. The number of anilines is 1. The number of fused-ring (bicyclic) bond motifs is 1. The Labute approximate surface area is 114 Å². The number of hydrogen-bond acceptors (Lipinski definition) is 3.